The molecule has 2 rings (SSSR count). The zero-order valence-corrected chi connectivity index (χ0v) is 10.7. The highest BCUT2D eigenvalue weighted by atomic mass is 35.5. The van der Waals surface area contributed by atoms with Crippen LogP contribution < -0.4 is 0 Å². The molecule has 1 saturated carbocycles. The third-order valence-corrected chi connectivity index (χ3v) is 3.24. The fourth-order valence-electron chi connectivity index (χ4n) is 1.77. The number of nitrogens with zero attached hydrogens (tertiary/aromatic N) is 4. The molecule has 4 nitrogen and oxygen atoms in total. The van der Waals surface area contributed by atoms with Crippen molar-refractivity contribution in [3.8, 4) is 0 Å². The SMILES string of the molecule is CN(C)CCn1nnc(CCl)c1CC1CC1. The van der Waals surface area contributed by atoms with E-state index in [0.717, 1.165) is 31.1 Å². The molecule has 0 unspecified atom stereocenters. The number of halogens is 1. The van der Waals surface area contributed by atoms with Crippen molar-refractivity contribution in [1.29, 1.82) is 0 Å². The smallest absolute Gasteiger partial charge is 0.101 e. The van der Waals surface area contributed by atoms with Gasteiger partial charge in [0.05, 0.1) is 18.1 Å². The summed E-state index contributed by atoms with van der Waals surface area (Å²) < 4.78 is 2.02. The Morgan fingerprint density at radius 2 is 2.19 bits per heavy atom. The van der Waals surface area contributed by atoms with Crippen LogP contribution in [0.4, 0.5) is 0 Å². The maximum atomic E-state index is 5.89. The highest BCUT2D eigenvalue weighted by Crippen LogP contribution is 2.33. The molecule has 1 heterocycles. The average Bonchev–Trinajstić information content (AvgIpc) is 2.96. The molecule has 1 aromatic heterocycles. The van der Waals surface area contributed by atoms with Gasteiger partial charge in [-0.25, -0.2) is 4.68 Å². The van der Waals surface area contributed by atoms with E-state index in [1.54, 1.807) is 0 Å². The van der Waals surface area contributed by atoms with E-state index in [1.807, 2.05) is 4.68 Å². The molecule has 0 saturated heterocycles. The predicted octanol–water partition coefficient (Wildman–Crippen LogP) is 1.53. The van der Waals surface area contributed by atoms with Crippen LogP contribution in [0.1, 0.15) is 24.2 Å². The first kappa shape index (κ1) is 11.9. The topological polar surface area (TPSA) is 34.0 Å². The van der Waals surface area contributed by atoms with Gasteiger partial charge in [0, 0.05) is 6.54 Å². The van der Waals surface area contributed by atoms with Crippen molar-refractivity contribution in [3.05, 3.63) is 11.4 Å². The van der Waals surface area contributed by atoms with E-state index >= 15 is 0 Å². The van der Waals surface area contributed by atoms with E-state index in [0.29, 0.717) is 5.88 Å². The number of rotatable bonds is 6. The van der Waals surface area contributed by atoms with Crippen LogP contribution in [-0.2, 0) is 18.8 Å². The van der Waals surface area contributed by atoms with Crippen LogP contribution in [0.5, 0.6) is 0 Å². The molecule has 0 N–H and O–H groups in total. The summed E-state index contributed by atoms with van der Waals surface area (Å²) in [7, 11) is 4.14. The molecule has 0 spiro atoms. The van der Waals surface area contributed by atoms with Gasteiger partial charge in [-0.15, -0.1) is 16.7 Å². The monoisotopic (exact) mass is 242 g/mol. The molecule has 1 fully saturated rings. The van der Waals surface area contributed by atoms with E-state index in [9.17, 15) is 0 Å². The fraction of sp³-hybridized carbons (Fsp3) is 0.818. The van der Waals surface area contributed by atoms with E-state index in [4.69, 9.17) is 11.6 Å². The first-order valence-electron chi connectivity index (χ1n) is 5.82. The van der Waals surface area contributed by atoms with E-state index in [-0.39, 0.29) is 0 Å². The molecule has 1 aliphatic carbocycles. The summed E-state index contributed by atoms with van der Waals surface area (Å²) in [5.41, 5.74) is 2.21. The van der Waals surface area contributed by atoms with Crippen molar-refractivity contribution in [2.75, 3.05) is 20.6 Å². The van der Waals surface area contributed by atoms with Crippen LogP contribution in [0.3, 0.4) is 0 Å². The van der Waals surface area contributed by atoms with Gasteiger partial charge >= 0.3 is 0 Å². The minimum Gasteiger partial charge on any atom is -0.308 e. The predicted molar refractivity (Wildman–Crippen MR) is 64.6 cm³/mol. The Morgan fingerprint density at radius 1 is 1.44 bits per heavy atom. The van der Waals surface area contributed by atoms with Gasteiger partial charge in [-0.2, -0.15) is 0 Å². The van der Waals surface area contributed by atoms with Gasteiger partial charge in [0.25, 0.3) is 0 Å². The van der Waals surface area contributed by atoms with Crippen molar-refractivity contribution >= 4 is 11.6 Å². The van der Waals surface area contributed by atoms with Crippen LogP contribution in [0.15, 0.2) is 0 Å². The highest BCUT2D eigenvalue weighted by molar-refractivity contribution is 6.16. The van der Waals surface area contributed by atoms with Crippen LogP contribution in [0, 0.1) is 5.92 Å². The maximum absolute atomic E-state index is 5.89. The van der Waals surface area contributed by atoms with Crippen LogP contribution in [0.2, 0.25) is 0 Å². The molecule has 16 heavy (non-hydrogen) atoms. The van der Waals surface area contributed by atoms with Crippen molar-refractivity contribution in [1.82, 2.24) is 19.9 Å². The molecule has 1 aliphatic rings. The van der Waals surface area contributed by atoms with Crippen LogP contribution in [-0.4, -0.2) is 40.5 Å². The van der Waals surface area contributed by atoms with Crippen LogP contribution >= 0.6 is 11.6 Å². The van der Waals surface area contributed by atoms with Gasteiger partial charge < -0.3 is 4.90 Å². The zero-order chi connectivity index (χ0) is 11.5. The number of hydrogen-bond acceptors (Lipinski definition) is 3. The maximum Gasteiger partial charge on any atom is 0.101 e. The lowest BCUT2D eigenvalue weighted by Crippen LogP contribution is -2.20. The Balaban J connectivity index is 2.05. The van der Waals surface area contributed by atoms with Crippen molar-refractivity contribution in [3.63, 3.8) is 0 Å². The molecule has 1 aromatic rings. The first-order valence-corrected chi connectivity index (χ1v) is 6.36. The van der Waals surface area contributed by atoms with Crippen molar-refractivity contribution in [2.24, 2.45) is 5.92 Å². The van der Waals surface area contributed by atoms with Gasteiger partial charge in [0.1, 0.15) is 5.69 Å². The summed E-state index contributed by atoms with van der Waals surface area (Å²) >= 11 is 5.89. The fourth-order valence-corrected chi connectivity index (χ4v) is 1.97. The minimum absolute atomic E-state index is 0.476. The Bertz CT molecular complexity index is 344. The Hall–Kier alpha value is -0.610. The summed E-state index contributed by atoms with van der Waals surface area (Å²) in [6, 6.07) is 0. The van der Waals surface area contributed by atoms with Crippen molar-refractivity contribution < 1.29 is 0 Å². The summed E-state index contributed by atoms with van der Waals surface area (Å²) in [6.45, 7) is 1.89. The van der Waals surface area contributed by atoms with E-state index in [1.165, 1.54) is 18.5 Å². The molecule has 0 amide bonds. The average molecular weight is 243 g/mol. The number of alkyl halides is 1. The van der Waals surface area contributed by atoms with Gasteiger partial charge in [-0.1, -0.05) is 5.21 Å². The molecule has 0 radical (unpaired) electrons. The highest BCUT2D eigenvalue weighted by Gasteiger charge is 2.25. The lowest BCUT2D eigenvalue weighted by atomic mass is 10.2. The zero-order valence-electron chi connectivity index (χ0n) is 9.99. The lowest BCUT2D eigenvalue weighted by molar-refractivity contribution is 0.366. The standard InChI is InChI=1S/C11H19ClN4/c1-15(2)5-6-16-11(7-9-3-4-9)10(8-12)13-14-16/h9H,3-8H2,1-2H3. The molecule has 0 atom stereocenters. The van der Waals surface area contributed by atoms with Gasteiger partial charge in [0.15, 0.2) is 0 Å². The normalized spacial score (nSPS) is 16.0. The third kappa shape index (κ3) is 2.95. The van der Waals surface area contributed by atoms with E-state index < -0.39 is 0 Å². The second-order valence-corrected chi connectivity index (χ2v) is 5.06. The van der Waals surface area contributed by atoms with Gasteiger partial charge in [-0.05, 0) is 39.3 Å². The third-order valence-electron chi connectivity index (χ3n) is 2.98. The summed E-state index contributed by atoms with van der Waals surface area (Å²) in [5, 5.41) is 8.35. The van der Waals surface area contributed by atoms with Gasteiger partial charge in [0.2, 0.25) is 0 Å². The number of likely N-dealkylation sites (N-methyl/N-ethyl adjacent to an activating group) is 1. The molecular formula is C11H19ClN4. The Labute approximate surface area is 102 Å². The molecule has 0 bridgehead atoms. The number of hydrogen-bond donors (Lipinski definition) is 0. The molecular weight excluding hydrogens is 224 g/mol. The summed E-state index contributed by atoms with van der Waals surface area (Å²) in [5.74, 6) is 1.32. The van der Waals surface area contributed by atoms with E-state index in [2.05, 4.69) is 29.3 Å². The molecule has 0 aromatic carbocycles. The minimum atomic E-state index is 0.476. The van der Waals surface area contributed by atoms with Gasteiger partial charge in [-0.3, -0.25) is 0 Å². The molecule has 0 aliphatic heterocycles. The molecule has 5 heteroatoms. The first-order chi connectivity index (χ1) is 7.70. The Morgan fingerprint density at radius 3 is 2.75 bits per heavy atom. The summed E-state index contributed by atoms with van der Waals surface area (Å²) in [4.78, 5) is 2.16. The second-order valence-electron chi connectivity index (χ2n) is 4.79. The summed E-state index contributed by atoms with van der Waals surface area (Å²) in [6.07, 6.45) is 3.80. The second kappa shape index (κ2) is 5.15. The molecule has 90 valence electrons. The number of aromatic nitrogens is 3. The van der Waals surface area contributed by atoms with Crippen molar-refractivity contribution in [2.45, 2.75) is 31.7 Å². The lowest BCUT2D eigenvalue weighted by Gasteiger charge is -2.11. The van der Waals surface area contributed by atoms with Crippen LogP contribution in [0.25, 0.3) is 0 Å². The largest absolute Gasteiger partial charge is 0.308 e. The quantitative estimate of drug-likeness (QED) is 0.710. The Kier molecular flexibility index (Phi) is 3.82.